The van der Waals surface area contributed by atoms with Crippen LogP contribution in [0.3, 0.4) is 0 Å². The van der Waals surface area contributed by atoms with Gasteiger partial charge in [-0.2, -0.15) is 5.10 Å². The number of rotatable bonds is 5. The highest BCUT2D eigenvalue weighted by Crippen LogP contribution is 2.24. The number of aromatic nitrogens is 3. The molecule has 0 unspecified atom stereocenters. The van der Waals surface area contributed by atoms with E-state index in [0.29, 0.717) is 24.4 Å². The van der Waals surface area contributed by atoms with Crippen molar-refractivity contribution in [2.45, 2.75) is 32.1 Å². The maximum atomic E-state index is 13.7. The van der Waals surface area contributed by atoms with E-state index in [1.165, 1.54) is 6.07 Å². The van der Waals surface area contributed by atoms with Gasteiger partial charge in [0.1, 0.15) is 23.8 Å². The van der Waals surface area contributed by atoms with Crippen LogP contribution in [0.5, 0.6) is 0 Å². The first-order valence-corrected chi connectivity index (χ1v) is 8.99. The molecule has 2 N–H and O–H groups in total. The Kier molecular flexibility index (Phi) is 8.39. The van der Waals surface area contributed by atoms with Crippen LogP contribution < -0.4 is 5.32 Å². The molecule has 3 rings (SSSR count). The average Bonchev–Trinajstić information content (AvgIpc) is 3.19. The number of guanidine groups is 1. The van der Waals surface area contributed by atoms with Crippen LogP contribution in [0.25, 0.3) is 0 Å². The second-order valence-electron chi connectivity index (χ2n) is 6.35. The largest absolute Gasteiger partial charge is 0.357 e. The molecule has 0 saturated carbocycles. The van der Waals surface area contributed by atoms with Crippen LogP contribution in [0.4, 0.5) is 8.78 Å². The van der Waals surface area contributed by atoms with Gasteiger partial charge in [-0.1, -0.05) is 0 Å². The number of nitrogens with zero attached hydrogens (tertiary/aromatic N) is 4. The average molecular weight is 490 g/mol. The first-order chi connectivity index (χ1) is 12.7. The molecule has 0 spiro atoms. The molecule has 1 aliphatic rings. The summed E-state index contributed by atoms with van der Waals surface area (Å²) < 4.78 is 27.0. The quantitative estimate of drug-likeness (QED) is 0.384. The second kappa shape index (κ2) is 10.5. The molecule has 1 aromatic heterocycles. The van der Waals surface area contributed by atoms with E-state index in [9.17, 15) is 8.78 Å². The van der Waals surface area contributed by atoms with Crippen LogP contribution in [0.15, 0.2) is 29.5 Å². The predicted molar refractivity (Wildman–Crippen MR) is 111 cm³/mol. The molecule has 27 heavy (non-hydrogen) atoms. The Morgan fingerprint density at radius 2 is 2.11 bits per heavy atom. The lowest BCUT2D eigenvalue weighted by atomic mass is 9.96. The van der Waals surface area contributed by atoms with E-state index >= 15 is 0 Å². The first kappa shape index (κ1) is 21.5. The first-order valence-electron chi connectivity index (χ1n) is 8.99. The summed E-state index contributed by atoms with van der Waals surface area (Å²) in [5.41, 5.74) is 0.355. The van der Waals surface area contributed by atoms with Gasteiger partial charge in [-0.25, -0.2) is 13.8 Å². The Bertz CT molecular complexity index is 729. The zero-order valence-electron chi connectivity index (χ0n) is 15.3. The van der Waals surface area contributed by atoms with Crippen molar-refractivity contribution < 1.29 is 8.78 Å². The molecule has 1 fully saturated rings. The summed E-state index contributed by atoms with van der Waals surface area (Å²) in [4.78, 5) is 11.1. The summed E-state index contributed by atoms with van der Waals surface area (Å²) >= 11 is 0. The normalized spacial score (nSPS) is 15.5. The standard InChI is InChI=1S/C18H24F2N6.HI/c1-2-21-18(22-8-5-14-11-15(19)3-4-16(14)20)26-9-6-13(7-10-26)17-23-12-24-25-17;/h3-4,11-13H,2,5-10H2,1H3,(H,21,22)(H,23,24,25);1H. The van der Waals surface area contributed by atoms with Crippen molar-refractivity contribution in [3.05, 3.63) is 47.5 Å². The van der Waals surface area contributed by atoms with Gasteiger partial charge in [0.25, 0.3) is 0 Å². The number of H-pyrrole nitrogens is 1. The lowest BCUT2D eigenvalue weighted by molar-refractivity contribution is 0.299. The number of piperidine rings is 1. The summed E-state index contributed by atoms with van der Waals surface area (Å²) in [5.74, 6) is 1.33. The molecule has 148 valence electrons. The van der Waals surface area contributed by atoms with E-state index in [0.717, 1.165) is 56.4 Å². The van der Waals surface area contributed by atoms with Gasteiger partial charge < -0.3 is 10.2 Å². The van der Waals surface area contributed by atoms with Gasteiger partial charge in [0, 0.05) is 32.1 Å². The fourth-order valence-electron chi connectivity index (χ4n) is 3.22. The van der Waals surface area contributed by atoms with E-state index in [2.05, 4.69) is 30.4 Å². The van der Waals surface area contributed by atoms with E-state index in [1.807, 2.05) is 6.92 Å². The summed E-state index contributed by atoms with van der Waals surface area (Å²) in [6, 6.07) is 3.53. The van der Waals surface area contributed by atoms with Gasteiger partial charge in [-0.15, -0.1) is 24.0 Å². The SMILES string of the molecule is CCNC(=NCCc1cc(F)ccc1F)N1CCC(c2ncn[nH]2)CC1.I. The van der Waals surface area contributed by atoms with E-state index in [-0.39, 0.29) is 29.8 Å². The number of aromatic amines is 1. The van der Waals surface area contributed by atoms with E-state index < -0.39 is 5.82 Å². The fourth-order valence-corrected chi connectivity index (χ4v) is 3.22. The van der Waals surface area contributed by atoms with Crippen LogP contribution in [0.2, 0.25) is 0 Å². The highest BCUT2D eigenvalue weighted by atomic mass is 127. The van der Waals surface area contributed by atoms with Crippen LogP contribution in [-0.2, 0) is 6.42 Å². The van der Waals surface area contributed by atoms with Crippen molar-refractivity contribution in [3.8, 4) is 0 Å². The van der Waals surface area contributed by atoms with Crippen LogP contribution in [0, 0.1) is 11.6 Å². The van der Waals surface area contributed by atoms with Crippen LogP contribution in [0.1, 0.15) is 37.1 Å². The molecule has 6 nitrogen and oxygen atoms in total. The van der Waals surface area contributed by atoms with Gasteiger partial charge >= 0.3 is 0 Å². The molecule has 1 aromatic carbocycles. The van der Waals surface area contributed by atoms with Crippen molar-refractivity contribution in [1.82, 2.24) is 25.4 Å². The third-order valence-electron chi connectivity index (χ3n) is 4.60. The number of aliphatic imine (C=N–C) groups is 1. The number of nitrogens with one attached hydrogen (secondary N) is 2. The topological polar surface area (TPSA) is 69.2 Å². The van der Waals surface area contributed by atoms with Crippen molar-refractivity contribution in [1.29, 1.82) is 0 Å². The number of likely N-dealkylation sites (tertiary alicyclic amines) is 1. The van der Waals surface area contributed by atoms with Gasteiger partial charge in [0.15, 0.2) is 5.96 Å². The van der Waals surface area contributed by atoms with Crippen molar-refractivity contribution in [2.75, 3.05) is 26.2 Å². The third kappa shape index (κ3) is 5.85. The van der Waals surface area contributed by atoms with E-state index in [4.69, 9.17) is 0 Å². The molecule has 0 amide bonds. The van der Waals surface area contributed by atoms with E-state index in [1.54, 1.807) is 6.33 Å². The molecule has 1 aliphatic heterocycles. The molecule has 0 bridgehead atoms. The Morgan fingerprint density at radius 3 is 2.78 bits per heavy atom. The monoisotopic (exact) mass is 490 g/mol. The fraction of sp³-hybridized carbons (Fsp3) is 0.500. The highest BCUT2D eigenvalue weighted by molar-refractivity contribution is 14.0. The molecule has 0 radical (unpaired) electrons. The van der Waals surface area contributed by atoms with Crippen molar-refractivity contribution in [3.63, 3.8) is 0 Å². The molecule has 0 aliphatic carbocycles. The number of hydrogen-bond donors (Lipinski definition) is 2. The Labute approximate surface area is 174 Å². The Morgan fingerprint density at radius 1 is 1.33 bits per heavy atom. The second-order valence-corrected chi connectivity index (χ2v) is 6.35. The Hall–Kier alpha value is -1.78. The third-order valence-corrected chi connectivity index (χ3v) is 4.60. The van der Waals surface area contributed by atoms with Crippen LogP contribution >= 0.6 is 24.0 Å². The lowest BCUT2D eigenvalue weighted by Crippen LogP contribution is -2.45. The van der Waals surface area contributed by atoms with Gasteiger partial charge in [0.2, 0.25) is 0 Å². The zero-order chi connectivity index (χ0) is 18.4. The summed E-state index contributed by atoms with van der Waals surface area (Å²) in [5, 5.41) is 10.2. The highest BCUT2D eigenvalue weighted by Gasteiger charge is 2.24. The minimum Gasteiger partial charge on any atom is -0.357 e. The lowest BCUT2D eigenvalue weighted by Gasteiger charge is -2.33. The maximum Gasteiger partial charge on any atom is 0.193 e. The maximum absolute atomic E-state index is 13.7. The minimum absolute atomic E-state index is 0. The molecule has 0 atom stereocenters. The predicted octanol–water partition coefficient (Wildman–Crippen LogP) is 3.09. The zero-order valence-corrected chi connectivity index (χ0v) is 17.6. The van der Waals surface area contributed by atoms with Gasteiger partial charge in [-0.05, 0) is 49.9 Å². The van der Waals surface area contributed by atoms with Crippen molar-refractivity contribution >= 4 is 29.9 Å². The molecule has 1 saturated heterocycles. The molecule has 9 heteroatoms. The summed E-state index contributed by atoms with van der Waals surface area (Å²) in [6.45, 7) is 4.92. The molecular formula is C18H25F2IN6. The molecule has 2 heterocycles. The van der Waals surface area contributed by atoms with Crippen molar-refractivity contribution in [2.24, 2.45) is 4.99 Å². The smallest absolute Gasteiger partial charge is 0.193 e. The Balaban J connectivity index is 0.00000261. The minimum atomic E-state index is -0.424. The number of halogens is 3. The summed E-state index contributed by atoms with van der Waals surface area (Å²) in [6.07, 6.45) is 3.85. The summed E-state index contributed by atoms with van der Waals surface area (Å²) in [7, 11) is 0. The van der Waals surface area contributed by atoms with Gasteiger partial charge in [-0.3, -0.25) is 10.1 Å². The molecular weight excluding hydrogens is 465 g/mol. The number of hydrogen-bond acceptors (Lipinski definition) is 3. The number of benzene rings is 1. The molecule has 2 aromatic rings. The van der Waals surface area contributed by atoms with Crippen LogP contribution in [-0.4, -0.2) is 52.2 Å². The van der Waals surface area contributed by atoms with Gasteiger partial charge in [0.05, 0.1) is 0 Å².